The maximum atomic E-state index is 13.9. The van der Waals surface area contributed by atoms with Gasteiger partial charge in [0.2, 0.25) is 34.8 Å². The fraction of sp³-hybridized carbons (Fsp3) is 0.280. The molecular formula is C25H18F8O2S. The molecule has 0 saturated heterocycles. The second-order valence-corrected chi connectivity index (χ2v) is 8.92. The third kappa shape index (κ3) is 4.98. The Balaban J connectivity index is 1.62. The lowest BCUT2D eigenvalue weighted by atomic mass is 9.82. The van der Waals surface area contributed by atoms with Gasteiger partial charge in [-0.3, -0.25) is 0 Å². The van der Waals surface area contributed by atoms with E-state index in [0.29, 0.717) is 48.2 Å². The van der Waals surface area contributed by atoms with Crippen LogP contribution in [-0.4, -0.2) is 6.61 Å². The van der Waals surface area contributed by atoms with Gasteiger partial charge in [0.05, 0.1) is 29.1 Å². The summed E-state index contributed by atoms with van der Waals surface area (Å²) in [6.45, 7) is 2.13. The summed E-state index contributed by atoms with van der Waals surface area (Å²) >= 11 is 0.370. The van der Waals surface area contributed by atoms with Gasteiger partial charge in [0, 0.05) is 11.5 Å². The largest absolute Gasteiger partial charge is 0.493 e. The van der Waals surface area contributed by atoms with Crippen LogP contribution in [0.3, 0.4) is 0 Å². The summed E-state index contributed by atoms with van der Waals surface area (Å²) in [5.74, 6) is -12.0. The van der Waals surface area contributed by atoms with Crippen LogP contribution in [0.5, 0.6) is 11.5 Å². The number of benzene rings is 3. The van der Waals surface area contributed by atoms with Crippen LogP contribution in [0.4, 0.5) is 35.1 Å². The molecule has 3 aromatic carbocycles. The van der Waals surface area contributed by atoms with Gasteiger partial charge < -0.3 is 8.92 Å². The van der Waals surface area contributed by atoms with Crippen LogP contribution in [0.15, 0.2) is 41.3 Å². The van der Waals surface area contributed by atoms with Crippen LogP contribution < -0.4 is 8.92 Å². The summed E-state index contributed by atoms with van der Waals surface area (Å²) in [5.41, 5.74) is 1.30. The number of fused-ring (bicyclic) bond motifs is 1. The Kier molecular flexibility index (Phi) is 7.40. The van der Waals surface area contributed by atoms with Gasteiger partial charge in [0.15, 0.2) is 0 Å². The van der Waals surface area contributed by atoms with E-state index in [0.717, 1.165) is 17.7 Å². The lowest BCUT2D eigenvalue weighted by Crippen LogP contribution is -2.17. The van der Waals surface area contributed by atoms with E-state index < -0.39 is 46.6 Å². The maximum Gasteiger partial charge on any atom is 0.416 e. The number of hydrogen-bond acceptors (Lipinski definition) is 3. The van der Waals surface area contributed by atoms with Gasteiger partial charge >= 0.3 is 6.18 Å². The van der Waals surface area contributed by atoms with Crippen molar-refractivity contribution in [2.75, 3.05) is 6.61 Å². The molecule has 192 valence electrons. The van der Waals surface area contributed by atoms with Crippen molar-refractivity contribution < 1.29 is 44.0 Å². The quantitative estimate of drug-likeness (QED) is 0.137. The predicted molar refractivity (Wildman–Crippen MR) is 117 cm³/mol. The van der Waals surface area contributed by atoms with E-state index in [9.17, 15) is 35.1 Å². The third-order valence-electron chi connectivity index (χ3n) is 5.78. The first kappa shape index (κ1) is 26.1. The molecule has 0 spiro atoms. The average molecular weight is 534 g/mol. The Labute approximate surface area is 205 Å². The van der Waals surface area contributed by atoms with Crippen LogP contribution in [0.1, 0.15) is 47.9 Å². The molecule has 2 nitrogen and oxygen atoms in total. The van der Waals surface area contributed by atoms with Gasteiger partial charge in [-0.1, -0.05) is 25.5 Å². The van der Waals surface area contributed by atoms with Crippen molar-refractivity contribution in [3.05, 3.63) is 87.7 Å². The first-order valence-corrected chi connectivity index (χ1v) is 11.6. The summed E-state index contributed by atoms with van der Waals surface area (Å²) in [4.78, 5) is 0.250. The molecule has 1 aliphatic heterocycles. The third-order valence-corrected chi connectivity index (χ3v) is 6.48. The summed E-state index contributed by atoms with van der Waals surface area (Å²) in [6.07, 6.45) is -2.84. The standard InChI is InChI=1S/C25H18F8O2S/c1-2-3-12-10-13(25(31,32)33)4-6-15(12)16-8-9-34-18-11-14(5-7-17(16)18)36-35-24-22(29)20(27)19(26)21(28)23(24)30/h4-7,10-11,16H,2-3,8-9H2,1H3. The molecule has 0 fully saturated rings. The zero-order valence-corrected chi connectivity index (χ0v) is 19.4. The fourth-order valence-electron chi connectivity index (χ4n) is 4.10. The molecule has 4 rings (SSSR count). The maximum absolute atomic E-state index is 13.9. The second kappa shape index (κ2) is 10.2. The zero-order valence-electron chi connectivity index (χ0n) is 18.6. The summed E-state index contributed by atoms with van der Waals surface area (Å²) in [7, 11) is 0. The first-order chi connectivity index (χ1) is 17.0. The van der Waals surface area contributed by atoms with Crippen LogP contribution in [0.25, 0.3) is 0 Å². The smallest absolute Gasteiger partial charge is 0.416 e. The molecule has 1 heterocycles. The molecule has 0 bridgehead atoms. The molecule has 0 N–H and O–H groups in total. The van der Waals surface area contributed by atoms with Crippen molar-refractivity contribution in [1.29, 1.82) is 0 Å². The van der Waals surface area contributed by atoms with Gasteiger partial charge in [-0.15, -0.1) is 0 Å². The summed E-state index contributed by atoms with van der Waals surface area (Å²) in [5, 5.41) is 0. The van der Waals surface area contributed by atoms with Gasteiger partial charge in [-0.25, -0.2) is 13.2 Å². The highest BCUT2D eigenvalue weighted by Gasteiger charge is 2.33. The Morgan fingerprint density at radius 2 is 1.53 bits per heavy atom. The topological polar surface area (TPSA) is 18.5 Å². The Morgan fingerprint density at radius 3 is 2.17 bits per heavy atom. The second-order valence-electron chi connectivity index (χ2n) is 8.12. The Bertz CT molecular complexity index is 1260. The van der Waals surface area contributed by atoms with E-state index in [1.165, 1.54) is 18.2 Å². The van der Waals surface area contributed by atoms with E-state index in [4.69, 9.17) is 8.92 Å². The van der Waals surface area contributed by atoms with Gasteiger partial charge in [0.1, 0.15) is 5.75 Å². The SMILES string of the molecule is CCCc1cc(C(F)(F)F)ccc1C1CCOc2cc(SOc3c(F)c(F)c(F)c(F)c3F)ccc21. The molecule has 0 aliphatic carbocycles. The van der Waals surface area contributed by atoms with Gasteiger partial charge in [-0.05, 0) is 48.2 Å². The number of ether oxygens (including phenoxy) is 1. The first-order valence-electron chi connectivity index (χ1n) is 10.9. The lowest BCUT2D eigenvalue weighted by Gasteiger charge is -2.28. The molecule has 0 radical (unpaired) electrons. The molecule has 11 heteroatoms. The highest BCUT2D eigenvalue weighted by Crippen LogP contribution is 2.43. The normalized spacial score (nSPS) is 15.4. The highest BCUT2D eigenvalue weighted by atomic mass is 32.2. The van der Waals surface area contributed by atoms with E-state index in [2.05, 4.69) is 0 Å². The average Bonchev–Trinajstić information content (AvgIpc) is 2.85. The van der Waals surface area contributed by atoms with Crippen molar-refractivity contribution in [3.8, 4) is 11.5 Å². The molecule has 3 aromatic rings. The number of rotatable bonds is 6. The van der Waals surface area contributed by atoms with Crippen molar-refractivity contribution in [2.45, 2.75) is 43.2 Å². The van der Waals surface area contributed by atoms with E-state index >= 15 is 0 Å². The fourth-order valence-corrected chi connectivity index (χ4v) is 4.70. The molecule has 1 unspecified atom stereocenters. The molecule has 36 heavy (non-hydrogen) atoms. The predicted octanol–water partition coefficient (Wildman–Crippen LogP) is 8.35. The van der Waals surface area contributed by atoms with Crippen LogP contribution >= 0.6 is 12.0 Å². The molecule has 0 aromatic heterocycles. The lowest BCUT2D eigenvalue weighted by molar-refractivity contribution is -0.137. The van der Waals surface area contributed by atoms with Crippen LogP contribution in [0.2, 0.25) is 0 Å². The molecule has 0 amide bonds. The molecule has 0 saturated carbocycles. The number of aryl methyl sites for hydroxylation is 1. The van der Waals surface area contributed by atoms with Crippen molar-refractivity contribution in [2.24, 2.45) is 0 Å². The number of hydrogen-bond donors (Lipinski definition) is 0. The van der Waals surface area contributed by atoms with Gasteiger partial charge in [-0.2, -0.15) is 22.0 Å². The van der Waals surface area contributed by atoms with Crippen LogP contribution in [-0.2, 0) is 12.6 Å². The van der Waals surface area contributed by atoms with Crippen LogP contribution in [0, 0.1) is 29.1 Å². The Morgan fingerprint density at radius 1 is 0.889 bits per heavy atom. The van der Waals surface area contributed by atoms with Gasteiger partial charge in [0.25, 0.3) is 0 Å². The van der Waals surface area contributed by atoms with Crippen molar-refractivity contribution in [3.63, 3.8) is 0 Å². The molecule has 1 atom stereocenters. The number of alkyl halides is 3. The molecular weight excluding hydrogens is 516 g/mol. The monoisotopic (exact) mass is 534 g/mol. The van der Waals surface area contributed by atoms with Crippen molar-refractivity contribution >= 4 is 12.0 Å². The Hall–Kier alpha value is -2.95. The summed E-state index contributed by atoms with van der Waals surface area (Å²) < 4.78 is 118. The van der Waals surface area contributed by atoms with E-state index in [-0.39, 0.29) is 17.4 Å². The van der Waals surface area contributed by atoms with Crippen molar-refractivity contribution in [1.82, 2.24) is 0 Å². The minimum Gasteiger partial charge on any atom is -0.493 e. The van der Waals surface area contributed by atoms with E-state index in [1.54, 1.807) is 6.07 Å². The number of halogens is 8. The van der Waals surface area contributed by atoms with E-state index in [1.807, 2.05) is 6.92 Å². The zero-order chi connectivity index (χ0) is 26.2. The highest BCUT2D eigenvalue weighted by molar-refractivity contribution is 7.95. The minimum absolute atomic E-state index is 0.250. The molecule has 1 aliphatic rings. The minimum atomic E-state index is -4.46. The summed E-state index contributed by atoms with van der Waals surface area (Å²) in [6, 6.07) is 8.30.